The molecule has 0 aromatic rings. The van der Waals surface area contributed by atoms with Crippen LogP contribution in [-0.2, 0) is 95.9 Å². The van der Waals surface area contributed by atoms with Crippen LogP contribution >= 0.6 is 0 Å². The second kappa shape index (κ2) is 43.2. The summed E-state index contributed by atoms with van der Waals surface area (Å²) < 4.78 is 0. The van der Waals surface area contributed by atoms with Gasteiger partial charge in [0.2, 0.25) is 112 Å². The highest BCUT2D eigenvalue weighted by atomic mass is 16.4. The Morgan fingerprint density at radius 2 is 0.511 bits per heavy atom. The third-order valence-corrected chi connectivity index (χ3v) is 27.8. The Hall–Kier alpha value is -10.9. The number of nitrogens with zero attached hydrogens (tertiary/aromatic N) is 12. The fourth-order valence-electron chi connectivity index (χ4n) is 21.1. The van der Waals surface area contributed by atoms with E-state index in [1.54, 1.807) is 0 Å². The summed E-state index contributed by atoms with van der Waals surface area (Å²) in [6, 6.07) is -16.0. The number of amides is 19. The summed E-state index contributed by atoms with van der Waals surface area (Å²) in [6.07, 6.45) is -2.55. The first-order valence-electron chi connectivity index (χ1n) is 45.9. The van der Waals surface area contributed by atoms with E-state index in [1.165, 1.54) is 34.3 Å². The number of unbranched alkanes of at least 4 members (excludes halogenated alkanes) is 1. The molecule has 19 amide bonds. The van der Waals surface area contributed by atoms with E-state index in [0.29, 0.717) is 70.9 Å². The number of hydrogen-bond donors (Lipinski definition) is 16. The lowest BCUT2D eigenvalue weighted by atomic mass is 10.1. The number of aliphatic hydroxyl groups is 6. The lowest BCUT2D eigenvalue weighted by molar-refractivity contribution is -0.148. The molecule has 0 aliphatic carbocycles. The average molecular weight is 1850 g/mol. The standard InChI is InChI=1S/C83H123N21O27/c84-18-2-1-10-51(83(130)131)92-76(123)52-12-4-20-93(52)64(111)32-86-71(118)59-27-45(106)39-100(59)78(125)54-14-6-22-95(54)66(113)34-88-73(120)61-29-47(108)41-102(61)80(127)56-16-8-24-97(56)68(115)36-90-75(122)63-31-49(110)43-104(63)82(129)57-17-9-25-98(57)69(116)37-91-74(121)62-30-48(109)42-103(62)81(128)55-15-7-23-96(55)67(114)35-89-72(119)60-28-46(107)40-101(60)79(126)53-13-5-21-94(53)65(112)33-87-70(117)58-26-44(105)38-99(58)77(124)50-11-3-19-85-50/h44-63,85,105-110H,1-43,84H2,(H,86,118)(H,87,117)(H,88,120)(H,89,119)(H,90,122)(H,91,121)(H,92,123)(H,130,131)/t44-,45-,46-,47-,48-,49-,50+,51+,52+,53+,54+,55+,56+,57+,58+,59+,60+,61+,62+,63+/m1/s1. The van der Waals surface area contributed by atoms with Gasteiger partial charge >= 0.3 is 5.97 Å². The molecule has 0 saturated carbocycles. The van der Waals surface area contributed by atoms with Gasteiger partial charge in [-0.2, -0.15) is 0 Å². The van der Waals surface area contributed by atoms with Crippen LogP contribution < -0.4 is 48.3 Å². The molecule has 0 aromatic heterocycles. The smallest absolute Gasteiger partial charge is 0.326 e. The molecule has 0 bridgehead atoms. The molecule has 0 aromatic carbocycles. The minimum Gasteiger partial charge on any atom is -0.480 e. The molecular weight excluding hydrogens is 1720 g/mol. The van der Waals surface area contributed by atoms with E-state index in [1.807, 2.05) is 0 Å². The van der Waals surface area contributed by atoms with E-state index in [4.69, 9.17) is 5.73 Å². The Balaban J connectivity index is 0.537. The lowest BCUT2D eigenvalue weighted by Crippen LogP contribution is -2.57. The largest absolute Gasteiger partial charge is 0.480 e. The number of carboxylic acids is 1. The number of carbonyl (C=O) groups is 20. The number of nitrogens with one attached hydrogen (secondary N) is 8. The molecule has 0 unspecified atom stereocenters. The number of β-amino-alcohol motifs (C(OH)–C–C–N with tert-alkyl or cyclic N) is 6. The van der Waals surface area contributed by atoms with Gasteiger partial charge in [0.05, 0.1) is 81.9 Å². The second-order valence-electron chi connectivity index (χ2n) is 36.5. The van der Waals surface area contributed by atoms with Gasteiger partial charge in [0.15, 0.2) is 0 Å². The Morgan fingerprint density at radius 1 is 0.282 bits per heavy atom. The van der Waals surface area contributed by atoms with Crippen molar-refractivity contribution in [1.29, 1.82) is 0 Å². The van der Waals surface area contributed by atoms with Crippen LogP contribution in [0.15, 0.2) is 0 Å². The summed E-state index contributed by atoms with van der Waals surface area (Å²) in [4.78, 5) is 291. The summed E-state index contributed by atoms with van der Waals surface area (Å²) in [5.41, 5.74) is 5.54. The van der Waals surface area contributed by atoms with Gasteiger partial charge in [0.1, 0.15) is 78.5 Å². The number of carbonyl (C=O) groups excluding carboxylic acids is 19. The van der Waals surface area contributed by atoms with Crippen LogP contribution in [0.1, 0.15) is 148 Å². The zero-order chi connectivity index (χ0) is 94.1. The summed E-state index contributed by atoms with van der Waals surface area (Å²) in [5, 5.41) is 95.1. The third-order valence-electron chi connectivity index (χ3n) is 27.8. The number of hydrogen-bond acceptors (Lipinski definition) is 28. The fourth-order valence-corrected chi connectivity index (χ4v) is 21.1. The first kappa shape index (κ1) is 97.6. The molecule has 722 valence electrons. The van der Waals surface area contributed by atoms with Crippen molar-refractivity contribution in [1.82, 2.24) is 101 Å². The molecule has 20 atom stereocenters. The van der Waals surface area contributed by atoms with E-state index in [2.05, 4.69) is 42.5 Å². The van der Waals surface area contributed by atoms with Crippen LogP contribution in [0.4, 0.5) is 0 Å². The van der Waals surface area contributed by atoms with E-state index < -0.39 is 273 Å². The molecule has 13 rings (SSSR count). The van der Waals surface area contributed by atoms with Crippen LogP contribution in [0.25, 0.3) is 0 Å². The van der Waals surface area contributed by atoms with Crippen LogP contribution in [0, 0.1) is 0 Å². The topological polar surface area (TPSA) is 644 Å². The highest BCUT2D eigenvalue weighted by Gasteiger charge is 2.53. The SMILES string of the molecule is NCCCC[C@H](NC(=O)[C@@H]1CCCN1C(=O)CNC(=O)[C@@H]1C[C@@H](O)CN1C(=O)[C@@H]1CCCN1C(=O)CNC(=O)[C@@H]1C[C@@H](O)CN1C(=O)[C@@H]1CCCN1C(=O)CNC(=O)[C@@H]1C[C@@H](O)CN1C(=O)[C@@H]1CCCN1C(=O)CNC(=O)[C@@H]1C[C@@H](O)CN1C(=O)[C@@H]1CCCN1C(=O)CNC(=O)[C@@H]1C[C@@H](O)CN1C(=O)[C@@H]1CCCN1C(=O)CNC(=O)[C@@H]1C[C@@H](O)CN1C(=O)[C@@H]1CCCN1)C(=O)O. The van der Waals surface area contributed by atoms with Gasteiger partial charge in [-0.3, -0.25) is 91.1 Å². The molecule has 13 aliphatic rings. The number of aliphatic hydroxyl groups excluding tert-OH is 6. The van der Waals surface area contributed by atoms with E-state index >= 15 is 0 Å². The molecular formula is C83H123N21O27. The predicted molar refractivity (Wildman–Crippen MR) is 447 cm³/mol. The second-order valence-corrected chi connectivity index (χ2v) is 36.5. The van der Waals surface area contributed by atoms with Gasteiger partial charge in [-0.05, 0) is 122 Å². The molecule has 13 heterocycles. The van der Waals surface area contributed by atoms with Crippen molar-refractivity contribution in [2.24, 2.45) is 5.73 Å². The number of carboxylic acid groups (broad SMARTS) is 1. The van der Waals surface area contributed by atoms with Gasteiger partial charge in [-0.15, -0.1) is 0 Å². The van der Waals surface area contributed by atoms with Crippen molar-refractivity contribution < 1.29 is 132 Å². The lowest BCUT2D eigenvalue weighted by Gasteiger charge is -2.32. The highest BCUT2D eigenvalue weighted by Crippen LogP contribution is 2.34. The van der Waals surface area contributed by atoms with Crippen molar-refractivity contribution in [2.45, 2.75) is 269 Å². The number of likely N-dealkylation sites (tertiary alicyclic amines) is 12. The summed E-state index contributed by atoms with van der Waals surface area (Å²) in [6.45, 7) is -3.95. The molecule has 0 radical (unpaired) electrons. The van der Waals surface area contributed by atoms with Gasteiger partial charge in [0, 0.05) is 117 Å². The zero-order valence-corrected chi connectivity index (χ0v) is 73.2. The molecule has 13 saturated heterocycles. The molecule has 0 spiro atoms. The fraction of sp³-hybridized carbons (Fsp3) is 0.759. The number of aliphatic carboxylic acids is 1. The van der Waals surface area contributed by atoms with E-state index in [0.717, 1.165) is 30.9 Å². The van der Waals surface area contributed by atoms with Crippen molar-refractivity contribution >= 4 is 118 Å². The Bertz CT molecular complexity index is 4380. The summed E-state index contributed by atoms with van der Waals surface area (Å²) in [7, 11) is 0. The molecule has 13 aliphatic heterocycles. The third kappa shape index (κ3) is 22.2. The minimum atomic E-state index is -1.35. The van der Waals surface area contributed by atoms with Crippen molar-refractivity contribution in [3.8, 4) is 0 Å². The van der Waals surface area contributed by atoms with E-state index in [9.17, 15) is 132 Å². The van der Waals surface area contributed by atoms with Crippen molar-refractivity contribution in [3.63, 3.8) is 0 Å². The van der Waals surface area contributed by atoms with E-state index in [-0.39, 0.29) is 168 Å². The molecule has 131 heavy (non-hydrogen) atoms. The Morgan fingerprint density at radius 3 is 0.733 bits per heavy atom. The van der Waals surface area contributed by atoms with Crippen LogP contribution in [0.5, 0.6) is 0 Å². The maximum absolute atomic E-state index is 14.5. The molecule has 48 nitrogen and oxygen atoms in total. The molecule has 48 heteroatoms. The highest BCUT2D eigenvalue weighted by molar-refractivity contribution is 6.02. The summed E-state index contributed by atoms with van der Waals surface area (Å²) in [5.74, 6) is -14.6. The Kier molecular flexibility index (Phi) is 32.2. The van der Waals surface area contributed by atoms with Gasteiger partial charge < -0.3 is 143 Å². The number of rotatable bonds is 31. The monoisotopic (exact) mass is 1850 g/mol. The maximum atomic E-state index is 14.5. The maximum Gasteiger partial charge on any atom is 0.326 e. The van der Waals surface area contributed by atoms with Gasteiger partial charge in [-0.1, -0.05) is 0 Å². The van der Waals surface area contributed by atoms with Crippen molar-refractivity contribution in [3.05, 3.63) is 0 Å². The minimum absolute atomic E-state index is 0.0258. The normalized spacial score (nSPS) is 30.2. The first-order valence-corrected chi connectivity index (χ1v) is 45.9. The number of nitrogens with two attached hydrogens (primary N) is 1. The zero-order valence-electron chi connectivity index (χ0n) is 73.2. The quantitative estimate of drug-likeness (QED) is 0.0287. The molecule has 17 N–H and O–H groups in total. The molecule has 13 fully saturated rings. The van der Waals surface area contributed by atoms with Crippen LogP contribution in [0.2, 0.25) is 0 Å². The van der Waals surface area contributed by atoms with Gasteiger partial charge in [0.25, 0.3) is 0 Å². The summed E-state index contributed by atoms with van der Waals surface area (Å²) >= 11 is 0. The average Bonchev–Trinajstić information content (AvgIpc) is 1.59. The predicted octanol–water partition coefficient (Wildman–Crippen LogP) is -12.1. The first-order chi connectivity index (χ1) is 62.6. The van der Waals surface area contributed by atoms with Gasteiger partial charge in [-0.25, -0.2) is 4.79 Å². The Labute approximate surface area is 753 Å². The van der Waals surface area contributed by atoms with Crippen LogP contribution in [0.3, 0.4) is 0 Å². The van der Waals surface area contributed by atoms with Crippen molar-refractivity contribution in [2.75, 3.05) is 131 Å². The van der Waals surface area contributed by atoms with Crippen LogP contribution in [-0.4, -0.2) is 465 Å².